The molecule has 3 aromatic rings. The van der Waals surface area contributed by atoms with Crippen molar-refractivity contribution in [2.45, 2.75) is 18.8 Å². The van der Waals surface area contributed by atoms with Gasteiger partial charge in [0.15, 0.2) is 6.79 Å². The molecule has 0 N–H and O–H groups in total. The number of hydrogen-bond acceptors (Lipinski definition) is 3. The second kappa shape index (κ2) is 8.57. The lowest BCUT2D eigenvalue weighted by Crippen LogP contribution is -2.17. The number of fused-ring (bicyclic) bond motifs is 1. The van der Waals surface area contributed by atoms with Gasteiger partial charge >= 0.3 is 0 Å². The Morgan fingerprint density at radius 3 is 2.61 bits per heavy atom. The minimum Gasteiger partial charge on any atom is -0.467 e. The standard InChI is InChI=1S/C21H20ClFINO3/c1-26-12-28-18-11-14(22)10-17-19(18)20(24)21(13-6-8-27-9-7-13)25(17)16-4-2-15(23)3-5-16/h2-5,10-11,13H,6-9,12H2,1H3. The maximum Gasteiger partial charge on any atom is 0.188 e. The molecule has 1 saturated heterocycles. The summed E-state index contributed by atoms with van der Waals surface area (Å²) in [4.78, 5) is 0. The van der Waals surface area contributed by atoms with Crippen LogP contribution < -0.4 is 4.74 Å². The highest BCUT2D eigenvalue weighted by Gasteiger charge is 2.28. The number of nitrogens with zero attached hydrogens (tertiary/aromatic N) is 1. The van der Waals surface area contributed by atoms with Gasteiger partial charge in [-0.3, -0.25) is 0 Å². The van der Waals surface area contributed by atoms with Gasteiger partial charge < -0.3 is 18.8 Å². The van der Waals surface area contributed by atoms with Crippen molar-refractivity contribution >= 4 is 45.1 Å². The van der Waals surface area contributed by atoms with Crippen molar-refractivity contribution in [3.63, 3.8) is 0 Å². The molecule has 0 radical (unpaired) electrons. The quantitative estimate of drug-likeness (QED) is 0.313. The highest BCUT2D eigenvalue weighted by atomic mass is 127. The molecule has 4 nitrogen and oxygen atoms in total. The Kier molecular flexibility index (Phi) is 6.10. The lowest BCUT2D eigenvalue weighted by Gasteiger charge is -2.24. The molecule has 0 bridgehead atoms. The molecule has 1 aliphatic rings. The molecule has 0 aliphatic carbocycles. The fraction of sp³-hybridized carbons (Fsp3) is 0.333. The van der Waals surface area contributed by atoms with Gasteiger partial charge in [0, 0.05) is 46.2 Å². The molecule has 0 amide bonds. The van der Waals surface area contributed by atoms with Crippen LogP contribution in [0.25, 0.3) is 16.6 Å². The Hall–Kier alpha value is -1.35. The molecule has 4 rings (SSSR count). The van der Waals surface area contributed by atoms with Crippen LogP contribution in [0, 0.1) is 9.39 Å². The number of rotatable bonds is 5. The fourth-order valence-corrected chi connectivity index (χ4v) is 5.18. The summed E-state index contributed by atoms with van der Waals surface area (Å²) in [5.41, 5.74) is 3.03. The normalized spacial score (nSPS) is 15.3. The summed E-state index contributed by atoms with van der Waals surface area (Å²) in [5.74, 6) is 0.764. The average molecular weight is 516 g/mol. The van der Waals surface area contributed by atoms with E-state index in [-0.39, 0.29) is 12.6 Å². The minimum absolute atomic E-state index is 0.139. The molecule has 28 heavy (non-hydrogen) atoms. The van der Waals surface area contributed by atoms with Gasteiger partial charge in [-0.1, -0.05) is 11.6 Å². The van der Waals surface area contributed by atoms with Crippen LogP contribution in [0.1, 0.15) is 24.5 Å². The van der Waals surface area contributed by atoms with Gasteiger partial charge in [-0.05, 0) is 71.8 Å². The van der Waals surface area contributed by atoms with Crippen LogP contribution in [0.2, 0.25) is 5.02 Å². The third-order valence-corrected chi connectivity index (χ3v) is 6.31. The number of aromatic nitrogens is 1. The Labute approximate surface area is 181 Å². The van der Waals surface area contributed by atoms with Crippen LogP contribution in [-0.4, -0.2) is 31.7 Å². The summed E-state index contributed by atoms with van der Waals surface area (Å²) in [6.45, 7) is 1.61. The summed E-state index contributed by atoms with van der Waals surface area (Å²) in [6, 6.07) is 10.3. The second-order valence-corrected chi connectivity index (χ2v) is 8.26. The Balaban J connectivity index is 2.00. The van der Waals surface area contributed by atoms with Crippen molar-refractivity contribution in [1.29, 1.82) is 0 Å². The molecule has 1 aromatic heterocycles. The van der Waals surface area contributed by atoms with E-state index in [2.05, 4.69) is 27.2 Å². The van der Waals surface area contributed by atoms with Gasteiger partial charge in [-0.25, -0.2) is 4.39 Å². The van der Waals surface area contributed by atoms with Crippen molar-refractivity contribution in [1.82, 2.24) is 4.57 Å². The summed E-state index contributed by atoms with van der Waals surface area (Å²) in [6.07, 6.45) is 1.88. The van der Waals surface area contributed by atoms with Gasteiger partial charge in [-0.2, -0.15) is 0 Å². The molecular weight excluding hydrogens is 496 g/mol. The molecule has 1 fully saturated rings. The first-order valence-electron chi connectivity index (χ1n) is 9.09. The summed E-state index contributed by atoms with van der Waals surface area (Å²) >= 11 is 8.80. The zero-order valence-electron chi connectivity index (χ0n) is 15.4. The molecule has 0 saturated carbocycles. The second-order valence-electron chi connectivity index (χ2n) is 6.75. The smallest absolute Gasteiger partial charge is 0.188 e. The number of ether oxygens (including phenoxy) is 3. The van der Waals surface area contributed by atoms with Crippen LogP contribution in [0.15, 0.2) is 36.4 Å². The molecule has 7 heteroatoms. The summed E-state index contributed by atoms with van der Waals surface area (Å²) in [5, 5.41) is 1.57. The molecular formula is C21H20ClFINO3. The van der Waals surface area contributed by atoms with Crippen LogP contribution in [0.3, 0.4) is 0 Å². The van der Waals surface area contributed by atoms with Gasteiger partial charge in [0.1, 0.15) is 11.6 Å². The van der Waals surface area contributed by atoms with E-state index < -0.39 is 0 Å². The zero-order chi connectivity index (χ0) is 19.7. The van der Waals surface area contributed by atoms with Crippen LogP contribution in [-0.2, 0) is 9.47 Å². The van der Waals surface area contributed by atoms with E-state index in [9.17, 15) is 4.39 Å². The van der Waals surface area contributed by atoms with Gasteiger partial charge in [0.2, 0.25) is 0 Å². The van der Waals surface area contributed by atoms with Crippen LogP contribution in [0.5, 0.6) is 5.75 Å². The van der Waals surface area contributed by atoms with Crippen molar-refractivity contribution in [3.8, 4) is 11.4 Å². The SMILES string of the molecule is COCOc1cc(Cl)cc2c1c(I)c(C1CCOCC1)n2-c1ccc(F)cc1. The zero-order valence-corrected chi connectivity index (χ0v) is 18.3. The van der Waals surface area contributed by atoms with Gasteiger partial charge in [0.25, 0.3) is 0 Å². The van der Waals surface area contributed by atoms with Crippen molar-refractivity contribution < 1.29 is 18.6 Å². The molecule has 0 spiro atoms. The van der Waals surface area contributed by atoms with Gasteiger partial charge in [0.05, 0.1) is 10.9 Å². The highest BCUT2D eigenvalue weighted by Crippen LogP contribution is 2.43. The minimum atomic E-state index is -0.260. The Morgan fingerprint density at radius 2 is 1.93 bits per heavy atom. The fourth-order valence-electron chi connectivity index (χ4n) is 3.76. The van der Waals surface area contributed by atoms with Crippen LogP contribution in [0.4, 0.5) is 4.39 Å². The molecule has 2 aromatic carbocycles. The van der Waals surface area contributed by atoms with E-state index in [1.807, 2.05) is 12.1 Å². The maximum atomic E-state index is 13.6. The number of halogens is 3. The van der Waals surface area contributed by atoms with Crippen LogP contribution >= 0.6 is 34.2 Å². The first-order chi connectivity index (χ1) is 13.6. The van der Waals surface area contributed by atoms with E-state index in [1.165, 1.54) is 17.8 Å². The third kappa shape index (κ3) is 3.75. The predicted molar refractivity (Wildman–Crippen MR) is 116 cm³/mol. The van der Waals surface area contributed by atoms with E-state index in [1.54, 1.807) is 19.2 Å². The summed E-state index contributed by atoms with van der Waals surface area (Å²) < 4.78 is 33.4. The lowest BCUT2D eigenvalue weighted by molar-refractivity contribution is 0.0522. The van der Waals surface area contributed by atoms with Crippen molar-refractivity contribution in [2.24, 2.45) is 0 Å². The van der Waals surface area contributed by atoms with Gasteiger partial charge in [-0.15, -0.1) is 0 Å². The lowest BCUT2D eigenvalue weighted by atomic mass is 9.96. The van der Waals surface area contributed by atoms with Crippen molar-refractivity contribution in [3.05, 3.63) is 56.5 Å². The van der Waals surface area contributed by atoms with Crippen molar-refractivity contribution in [2.75, 3.05) is 27.1 Å². The number of benzene rings is 2. The third-order valence-electron chi connectivity index (χ3n) is 5.00. The summed E-state index contributed by atoms with van der Waals surface area (Å²) in [7, 11) is 1.59. The Bertz CT molecular complexity index is 984. The van der Waals surface area contributed by atoms with E-state index >= 15 is 0 Å². The maximum absolute atomic E-state index is 13.6. The highest BCUT2D eigenvalue weighted by molar-refractivity contribution is 14.1. The molecule has 1 aliphatic heterocycles. The first-order valence-corrected chi connectivity index (χ1v) is 10.5. The average Bonchev–Trinajstić information content (AvgIpc) is 2.99. The molecule has 2 heterocycles. The van der Waals surface area contributed by atoms with E-state index in [0.29, 0.717) is 16.7 Å². The largest absolute Gasteiger partial charge is 0.467 e. The number of methoxy groups -OCH3 is 1. The van der Waals surface area contributed by atoms with E-state index in [0.717, 1.165) is 46.2 Å². The topological polar surface area (TPSA) is 32.6 Å². The molecule has 148 valence electrons. The first kappa shape index (κ1) is 19.9. The molecule has 0 atom stereocenters. The molecule has 0 unspecified atom stereocenters. The monoisotopic (exact) mass is 515 g/mol. The number of hydrogen-bond donors (Lipinski definition) is 0. The van der Waals surface area contributed by atoms with E-state index in [4.69, 9.17) is 25.8 Å². The Morgan fingerprint density at radius 1 is 1.21 bits per heavy atom. The predicted octanol–water partition coefficient (Wildman–Crippen LogP) is 5.90.